The molecule has 0 aliphatic carbocycles. The molecule has 1 saturated heterocycles. The molecule has 0 radical (unpaired) electrons. The normalized spacial score (nSPS) is 23.4. The van der Waals surface area contributed by atoms with Crippen molar-refractivity contribution in [1.29, 1.82) is 0 Å². The second kappa shape index (κ2) is 8.51. The maximum absolute atomic E-state index is 11.2. The molecule has 1 N–H and O–H groups in total. The van der Waals surface area contributed by atoms with Crippen molar-refractivity contribution >= 4 is 5.97 Å². The molecule has 5 nitrogen and oxygen atoms in total. The molecule has 1 heterocycles. The number of carboxylic acids is 1. The molecular weight excluding hydrogens is 246 g/mol. The van der Waals surface area contributed by atoms with Crippen LogP contribution in [0.5, 0.6) is 0 Å². The number of aliphatic carboxylic acids is 1. The molecule has 1 rings (SSSR count). The number of carboxylic acid groups (broad SMARTS) is 1. The summed E-state index contributed by atoms with van der Waals surface area (Å²) in [4.78, 5) is 13.4. The second-order valence-electron chi connectivity index (χ2n) is 5.55. The predicted molar refractivity (Wildman–Crippen MR) is 73.3 cm³/mol. The van der Waals surface area contributed by atoms with Crippen LogP contribution >= 0.6 is 0 Å². The Morgan fingerprint density at radius 2 is 2.16 bits per heavy atom. The second-order valence-corrected chi connectivity index (χ2v) is 5.55. The lowest BCUT2D eigenvalue weighted by Gasteiger charge is -2.29. The third kappa shape index (κ3) is 5.47. The zero-order valence-corrected chi connectivity index (χ0v) is 12.3. The monoisotopic (exact) mass is 273 g/mol. The van der Waals surface area contributed by atoms with E-state index in [4.69, 9.17) is 9.47 Å². The highest BCUT2D eigenvalue weighted by molar-refractivity contribution is 5.71. The third-order valence-corrected chi connectivity index (χ3v) is 3.32. The lowest BCUT2D eigenvalue weighted by Crippen LogP contribution is -2.45. The standard InChI is InChI=1S/C14H27NO4/c1-4-5-15(6-7-18-8-11(2)3)13-10-19-9-12(13)14(16)17/h11-13H,4-10H2,1-3H3,(H,16,17). The molecule has 1 aliphatic heterocycles. The molecule has 0 amide bonds. The van der Waals surface area contributed by atoms with Crippen LogP contribution in [0.15, 0.2) is 0 Å². The van der Waals surface area contributed by atoms with Gasteiger partial charge in [-0.1, -0.05) is 20.8 Å². The molecule has 112 valence electrons. The lowest BCUT2D eigenvalue weighted by atomic mass is 10.0. The van der Waals surface area contributed by atoms with Crippen molar-refractivity contribution in [2.24, 2.45) is 11.8 Å². The van der Waals surface area contributed by atoms with E-state index in [-0.39, 0.29) is 6.04 Å². The highest BCUT2D eigenvalue weighted by Gasteiger charge is 2.37. The summed E-state index contributed by atoms with van der Waals surface area (Å²) in [5.74, 6) is -0.635. The molecule has 2 unspecified atom stereocenters. The Morgan fingerprint density at radius 1 is 1.42 bits per heavy atom. The summed E-state index contributed by atoms with van der Waals surface area (Å²) in [5, 5.41) is 9.21. The molecule has 19 heavy (non-hydrogen) atoms. The average molecular weight is 273 g/mol. The van der Waals surface area contributed by atoms with Gasteiger partial charge in [0.25, 0.3) is 0 Å². The van der Waals surface area contributed by atoms with Gasteiger partial charge in [-0.05, 0) is 18.9 Å². The smallest absolute Gasteiger partial charge is 0.310 e. The first-order chi connectivity index (χ1) is 9.06. The Hall–Kier alpha value is -0.650. The van der Waals surface area contributed by atoms with Gasteiger partial charge in [-0.3, -0.25) is 9.69 Å². The number of rotatable bonds is 9. The first-order valence-electron chi connectivity index (χ1n) is 7.18. The van der Waals surface area contributed by atoms with Crippen LogP contribution in [0.1, 0.15) is 27.2 Å². The van der Waals surface area contributed by atoms with Crippen LogP contribution in [-0.4, -0.2) is 61.5 Å². The molecule has 0 saturated carbocycles. The molecule has 0 aromatic carbocycles. The van der Waals surface area contributed by atoms with Gasteiger partial charge in [0.15, 0.2) is 0 Å². The molecule has 1 aliphatic rings. The van der Waals surface area contributed by atoms with Crippen LogP contribution in [-0.2, 0) is 14.3 Å². The molecule has 5 heteroatoms. The summed E-state index contributed by atoms with van der Waals surface area (Å²) >= 11 is 0. The molecular formula is C14H27NO4. The molecule has 0 spiro atoms. The number of hydrogen-bond donors (Lipinski definition) is 1. The first kappa shape index (κ1) is 16.4. The Kier molecular flexibility index (Phi) is 7.34. The minimum absolute atomic E-state index is 0.0138. The van der Waals surface area contributed by atoms with Crippen molar-refractivity contribution in [2.45, 2.75) is 33.2 Å². The van der Waals surface area contributed by atoms with Crippen LogP contribution in [0.4, 0.5) is 0 Å². The Labute approximate surface area is 115 Å². The van der Waals surface area contributed by atoms with Gasteiger partial charge >= 0.3 is 5.97 Å². The largest absolute Gasteiger partial charge is 0.481 e. The number of carbonyl (C=O) groups is 1. The maximum Gasteiger partial charge on any atom is 0.310 e. The van der Waals surface area contributed by atoms with Crippen molar-refractivity contribution in [1.82, 2.24) is 4.90 Å². The van der Waals surface area contributed by atoms with Gasteiger partial charge in [0, 0.05) is 19.2 Å². The van der Waals surface area contributed by atoms with E-state index in [1.54, 1.807) is 0 Å². The fourth-order valence-electron chi connectivity index (χ4n) is 2.37. The minimum atomic E-state index is -0.758. The number of hydrogen-bond acceptors (Lipinski definition) is 4. The average Bonchev–Trinajstić information content (AvgIpc) is 2.82. The Morgan fingerprint density at radius 3 is 2.74 bits per heavy atom. The van der Waals surface area contributed by atoms with E-state index in [0.717, 1.165) is 26.1 Å². The number of ether oxygens (including phenoxy) is 2. The van der Waals surface area contributed by atoms with E-state index in [1.807, 2.05) is 0 Å². The summed E-state index contributed by atoms with van der Waals surface area (Å²) in [6.45, 7) is 10.3. The van der Waals surface area contributed by atoms with Crippen molar-refractivity contribution in [3.8, 4) is 0 Å². The Bertz CT molecular complexity index is 270. The SMILES string of the molecule is CCCN(CCOCC(C)C)C1COCC1C(=O)O. The molecule has 0 bridgehead atoms. The predicted octanol–water partition coefficient (Wildman–Crippen LogP) is 1.47. The van der Waals surface area contributed by atoms with Gasteiger partial charge < -0.3 is 14.6 Å². The summed E-state index contributed by atoms with van der Waals surface area (Å²) in [5.41, 5.74) is 0. The van der Waals surface area contributed by atoms with Crippen LogP contribution in [0.25, 0.3) is 0 Å². The van der Waals surface area contributed by atoms with Gasteiger partial charge in [-0.2, -0.15) is 0 Å². The summed E-state index contributed by atoms with van der Waals surface area (Å²) in [6.07, 6.45) is 1.01. The van der Waals surface area contributed by atoms with Crippen molar-refractivity contribution < 1.29 is 19.4 Å². The fourth-order valence-corrected chi connectivity index (χ4v) is 2.37. The van der Waals surface area contributed by atoms with Gasteiger partial charge in [-0.15, -0.1) is 0 Å². The highest BCUT2D eigenvalue weighted by atomic mass is 16.5. The van der Waals surface area contributed by atoms with Gasteiger partial charge in [0.05, 0.1) is 25.7 Å². The topological polar surface area (TPSA) is 59.0 Å². The molecule has 1 fully saturated rings. The zero-order chi connectivity index (χ0) is 14.3. The van der Waals surface area contributed by atoms with E-state index in [9.17, 15) is 9.90 Å². The van der Waals surface area contributed by atoms with Gasteiger partial charge in [-0.25, -0.2) is 0 Å². The minimum Gasteiger partial charge on any atom is -0.481 e. The van der Waals surface area contributed by atoms with Crippen LogP contribution < -0.4 is 0 Å². The van der Waals surface area contributed by atoms with E-state index >= 15 is 0 Å². The van der Waals surface area contributed by atoms with E-state index in [2.05, 4.69) is 25.7 Å². The van der Waals surface area contributed by atoms with Gasteiger partial charge in [0.1, 0.15) is 0 Å². The van der Waals surface area contributed by atoms with Crippen LogP contribution in [0.3, 0.4) is 0 Å². The van der Waals surface area contributed by atoms with Crippen LogP contribution in [0, 0.1) is 11.8 Å². The zero-order valence-electron chi connectivity index (χ0n) is 12.3. The molecule has 0 aromatic rings. The van der Waals surface area contributed by atoms with E-state index in [1.165, 1.54) is 0 Å². The fraction of sp³-hybridized carbons (Fsp3) is 0.929. The quantitative estimate of drug-likeness (QED) is 0.645. The highest BCUT2D eigenvalue weighted by Crippen LogP contribution is 2.20. The summed E-state index contributed by atoms with van der Waals surface area (Å²) in [7, 11) is 0. The van der Waals surface area contributed by atoms with Crippen molar-refractivity contribution in [3.05, 3.63) is 0 Å². The lowest BCUT2D eigenvalue weighted by molar-refractivity contribution is -0.143. The molecule has 0 aromatic heterocycles. The van der Waals surface area contributed by atoms with E-state index in [0.29, 0.717) is 25.7 Å². The maximum atomic E-state index is 11.2. The third-order valence-electron chi connectivity index (χ3n) is 3.32. The van der Waals surface area contributed by atoms with E-state index < -0.39 is 11.9 Å². The number of nitrogens with zero attached hydrogens (tertiary/aromatic N) is 1. The van der Waals surface area contributed by atoms with Crippen molar-refractivity contribution in [3.63, 3.8) is 0 Å². The summed E-state index contributed by atoms with van der Waals surface area (Å²) in [6, 6.07) is -0.0138. The van der Waals surface area contributed by atoms with Crippen LogP contribution in [0.2, 0.25) is 0 Å². The first-order valence-corrected chi connectivity index (χ1v) is 7.18. The molecule has 2 atom stereocenters. The van der Waals surface area contributed by atoms with Crippen molar-refractivity contribution in [2.75, 3.05) is 39.5 Å². The summed E-state index contributed by atoms with van der Waals surface area (Å²) < 4.78 is 10.9. The Balaban J connectivity index is 2.44. The van der Waals surface area contributed by atoms with Gasteiger partial charge in [0.2, 0.25) is 0 Å².